The van der Waals surface area contributed by atoms with Gasteiger partial charge in [0.25, 0.3) is 5.54 Å². The lowest BCUT2D eigenvalue weighted by atomic mass is 9.72. The molecule has 0 radical (unpaired) electrons. The average Bonchev–Trinajstić information content (AvgIpc) is 2.79. The van der Waals surface area contributed by atoms with Gasteiger partial charge in [0.1, 0.15) is 6.61 Å². The highest BCUT2D eigenvalue weighted by Crippen LogP contribution is 2.44. The molecule has 1 aliphatic rings. The maximum absolute atomic E-state index is 11.2. The molecule has 150 valence electrons. The van der Waals surface area contributed by atoms with Gasteiger partial charge < -0.3 is 9.58 Å². The summed E-state index contributed by atoms with van der Waals surface area (Å²) in [6, 6.07) is 16.5. The molecule has 0 aliphatic heterocycles. The molecule has 0 unspecified atom stereocenters. The Hall–Kier alpha value is -2.86. The summed E-state index contributed by atoms with van der Waals surface area (Å²) in [7, 11) is 0. The quantitative estimate of drug-likeness (QED) is 0.301. The van der Waals surface area contributed by atoms with Crippen molar-refractivity contribution in [2.75, 3.05) is 0 Å². The van der Waals surface area contributed by atoms with Crippen molar-refractivity contribution in [3.05, 3.63) is 83.7 Å². The zero-order chi connectivity index (χ0) is 20.7. The van der Waals surface area contributed by atoms with Gasteiger partial charge in [0.05, 0.1) is 0 Å². The van der Waals surface area contributed by atoms with Gasteiger partial charge in [0, 0.05) is 24.5 Å². The minimum Gasteiger partial charge on any atom is -0.458 e. The third-order valence-electron chi connectivity index (χ3n) is 6.10. The molecule has 3 rings (SSSR count). The number of hydrogen-bond acceptors (Lipinski definition) is 2. The Bertz CT molecular complexity index is 866. The van der Waals surface area contributed by atoms with Gasteiger partial charge in [0.2, 0.25) is 0 Å². The summed E-state index contributed by atoms with van der Waals surface area (Å²) in [4.78, 5) is 15.3. The van der Waals surface area contributed by atoms with E-state index in [1.165, 1.54) is 18.9 Å². The first-order chi connectivity index (χ1) is 14.1. The Labute approximate surface area is 174 Å². The minimum absolute atomic E-state index is 0.247. The number of esters is 1. The van der Waals surface area contributed by atoms with Crippen LogP contribution in [0.1, 0.15) is 56.6 Å². The summed E-state index contributed by atoms with van der Waals surface area (Å²) in [5, 5.41) is 0. The Morgan fingerprint density at radius 2 is 1.72 bits per heavy atom. The molecule has 0 heterocycles. The van der Waals surface area contributed by atoms with Gasteiger partial charge in [0.15, 0.2) is 0 Å². The van der Waals surface area contributed by atoms with Crippen molar-refractivity contribution < 1.29 is 9.53 Å². The molecule has 0 N–H and O–H groups in total. The SMILES string of the molecule is [C-]#[N+]C1(c2ccc(-c3ccc(COC(=O)C=C)cc3)cc2)CCC(CCC)CC1. The van der Waals surface area contributed by atoms with Gasteiger partial charge in [-0.2, -0.15) is 0 Å². The predicted octanol–water partition coefficient (Wildman–Crippen LogP) is 6.69. The Morgan fingerprint density at radius 3 is 2.24 bits per heavy atom. The maximum Gasteiger partial charge on any atom is 0.330 e. The first kappa shape index (κ1) is 20.9. The molecule has 1 aliphatic carbocycles. The summed E-state index contributed by atoms with van der Waals surface area (Å²) in [5.74, 6) is 0.376. The van der Waals surface area contributed by atoms with Crippen LogP contribution in [-0.2, 0) is 21.7 Å². The molecular weight excluding hydrogens is 358 g/mol. The van der Waals surface area contributed by atoms with E-state index in [0.29, 0.717) is 0 Å². The number of benzene rings is 2. The molecule has 29 heavy (non-hydrogen) atoms. The molecule has 0 spiro atoms. The van der Waals surface area contributed by atoms with Crippen LogP contribution in [0.4, 0.5) is 0 Å². The zero-order valence-corrected chi connectivity index (χ0v) is 17.2. The highest BCUT2D eigenvalue weighted by Gasteiger charge is 2.42. The number of carbonyl (C=O) groups excluding carboxylic acids is 1. The Morgan fingerprint density at radius 1 is 1.14 bits per heavy atom. The van der Waals surface area contributed by atoms with Crippen LogP contribution in [0.2, 0.25) is 0 Å². The second-order valence-corrected chi connectivity index (χ2v) is 7.96. The molecule has 0 bridgehead atoms. The lowest BCUT2D eigenvalue weighted by molar-refractivity contribution is -0.138. The fourth-order valence-electron chi connectivity index (χ4n) is 4.30. The van der Waals surface area contributed by atoms with Crippen LogP contribution in [0.3, 0.4) is 0 Å². The van der Waals surface area contributed by atoms with Crippen molar-refractivity contribution in [2.45, 2.75) is 57.6 Å². The molecule has 3 heteroatoms. The fraction of sp³-hybridized carbons (Fsp3) is 0.385. The third kappa shape index (κ3) is 4.95. The molecule has 0 aromatic heterocycles. The molecular formula is C26H29NO2. The van der Waals surface area contributed by atoms with E-state index < -0.39 is 5.97 Å². The van der Waals surface area contributed by atoms with E-state index in [-0.39, 0.29) is 12.1 Å². The van der Waals surface area contributed by atoms with E-state index in [1.807, 2.05) is 24.3 Å². The van der Waals surface area contributed by atoms with Gasteiger partial charge in [-0.3, -0.25) is 0 Å². The maximum atomic E-state index is 11.2. The molecule has 1 fully saturated rings. The monoisotopic (exact) mass is 387 g/mol. The van der Waals surface area contributed by atoms with Crippen LogP contribution < -0.4 is 0 Å². The van der Waals surface area contributed by atoms with Crippen LogP contribution in [0.25, 0.3) is 16.0 Å². The first-order valence-electron chi connectivity index (χ1n) is 10.5. The van der Waals surface area contributed by atoms with Crippen LogP contribution >= 0.6 is 0 Å². The zero-order valence-electron chi connectivity index (χ0n) is 17.2. The van der Waals surface area contributed by atoms with E-state index in [2.05, 4.69) is 42.6 Å². The van der Waals surface area contributed by atoms with E-state index in [9.17, 15) is 4.79 Å². The smallest absolute Gasteiger partial charge is 0.330 e. The number of rotatable bonds is 7. The highest BCUT2D eigenvalue weighted by atomic mass is 16.5. The summed E-state index contributed by atoms with van der Waals surface area (Å²) < 4.78 is 5.07. The average molecular weight is 388 g/mol. The normalized spacial score (nSPS) is 21.2. The summed E-state index contributed by atoms with van der Waals surface area (Å²) in [6.07, 6.45) is 7.96. The van der Waals surface area contributed by atoms with Gasteiger partial charge >= 0.3 is 5.97 Å². The third-order valence-corrected chi connectivity index (χ3v) is 6.10. The molecule has 0 amide bonds. The molecule has 3 nitrogen and oxygen atoms in total. The summed E-state index contributed by atoms with van der Waals surface area (Å²) >= 11 is 0. The minimum atomic E-state index is -0.415. The van der Waals surface area contributed by atoms with E-state index in [4.69, 9.17) is 11.3 Å². The number of nitrogens with zero attached hydrogens (tertiary/aromatic N) is 1. The standard InChI is InChI=1S/C26H29NO2/c1-4-6-20-15-17-26(27-3,18-16-20)24-13-11-23(12-14-24)22-9-7-21(8-10-22)19-29-25(28)5-2/h5,7-14,20H,2,4,6,15-19H2,1H3. The lowest BCUT2D eigenvalue weighted by Crippen LogP contribution is -2.28. The Balaban J connectivity index is 1.69. The van der Waals surface area contributed by atoms with E-state index in [0.717, 1.165) is 53.9 Å². The summed E-state index contributed by atoms with van der Waals surface area (Å²) in [5.41, 5.74) is 3.99. The van der Waals surface area contributed by atoms with Crippen molar-refractivity contribution in [3.63, 3.8) is 0 Å². The first-order valence-corrected chi connectivity index (χ1v) is 10.5. The number of hydrogen-bond donors (Lipinski definition) is 0. The predicted molar refractivity (Wildman–Crippen MR) is 117 cm³/mol. The second kappa shape index (κ2) is 9.56. The molecule has 1 saturated carbocycles. The van der Waals surface area contributed by atoms with Crippen LogP contribution in [0, 0.1) is 12.5 Å². The van der Waals surface area contributed by atoms with Crippen molar-refractivity contribution >= 4 is 5.97 Å². The van der Waals surface area contributed by atoms with E-state index >= 15 is 0 Å². The topological polar surface area (TPSA) is 30.7 Å². The number of ether oxygens (including phenoxy) is 1. The summed E-state index contributed by atoms with van der Waals surface area (Å²) in [6.45, 7) is 13.7. The van der Waals surface area contributed by atoms with Crippen LogP contribution in [-0.4, -0.2) is 5.97 Å². The molecule has 2 aromatic rings. The van der Waals surface area contributed by atoms with E-state index in [1.54, 1.807) is 0 Å². The van der Waals surface area contributed by atoms with Gasteiger partial charge in [-0.15, -0.1) is 0 Å². The fourth-order valence-corrected chi connectivity index (χ4v) is 4.30. The van der Waals surface area contributed by atoms with Gasteiger partial charge in [-0.05, 0) is 35.4 Å². The highest BCUT2D eigenvalue weighted by molar-refractivity contribution is 5.81. The van der Waals surface area contributed by atoms with Crippen LogP contribution in [0.5, 0.6) is 0 Å². The van der Waals surface area contributed by atoms with Crippen molar-refractivity contribution in [1.82, 2.24) is 0 Å². The lowest BCUT2D eigenvalue weighted by Gasteiger charge is -2.31. The van der Waals surface area contributed by atoms with Crippen LogP contribution in [0.15, 0.2) is 61.2 Å². The van der Waals surface area contributed by atoms with Crippen molar-refractivity contribution in [3.8, 4) is 11.1 Å². The van der Waals surface area contributed by atoms with Gasteiger partial charge in [-0.25, -0.2) is 11.4 Å². The molecule has 0 saturated heterocycles. The second-order valence-electron chi connectivity index (χ2n) is 7.96. The molecule has 0 atom stereocenters. The Kier molecular flexibility index (Phi) is 6.88. The van der Waals surface area contributed by atoms with Crippen molar-refractivity contribution in [2.24, 2.45) is 5.92 Å². The largest absolute Gasteiger partial charge is 0.458 e. The van der Waals surface area contributed by atoms with Crippen molar-refractivity contribution in [1.29, 1.82) is 0 Å². The molecule has 2 aromatic carbocycles. The number of carbonyl (C=O) groups is 1. The van der Waals surface area contributed by atoms with Gasteiger partial charge in [-0.1, -0.05) is 74.9 Å².